The van der Waals surface area contributed by atoms with E-state index in [9.17, 15) is 4.79 Å². The number of amides is 1. The Bertz CT molecular complexity index is 484. The van der Waals surface area contributed by atoms with Crippen LogP contribution in [0.2, 0.25) is 0 Å². The van der Waals surface area contributed by atoms with E-state index < -0.39 is 0 Å². The second kappa shape index (κ2) is 6.96. The first-order chi connectivity index (χ1) is 9.85. The van der Waals surface area contributed by atoms with Gasteiger partial charge in [-0.1, -0.05) is 23.1 Å². The van der Waals surface area contributed by atoms with Gasteiger partial charge in [0.25, 0.3) is 0 Å². The van der Waals surface area contributed by atoms with Crippen molar-refractivity contribution in [2.24, 2.45) is 0 Å². The molecular weight excluding hydrogens is 304 g/mol. The predicted octanol–water partition coefficient (Wildman–Crippen LogP) is 3.24. The highest BCUT2D eigenvalue weighted by molar-refractivity contribution is 8.01. The van der Waals surface area contributed by atoms with Crippen molar-refractivity contribution in [1.29, 1.82) is 0 Å². The summed E-state index contributed by atoms with van der Waals surface area (Å²) in [4.78, 5) is 14.3. The Morgan fingerprint density at radius 2 is 2.19 bits per heavy atom. The van der Waals surface area contributed by atoms with Crippen molar-refractivity contribution >= 4 is 34.1 Å². The van der Waals surface area contributed by atoms with Gasteiger partial charge in [0.05, 0.1) is 5.75 Å². The van der Waals surface area contributed by atoms with Crippen LogP contribution in [0.25, 0.3) is 0 Å². The highest BCUT2D eigenvalue weighted by Crippen LogP contribution is 2.28. The Morgan fingerprint density at radius 3 is 2.86 bits per heavy atom. The molecule has 1 aliphatic heterocycles. The number of carbonyl (C=O) groups is 1. The molecule has 1 aromatic rings. The van der Waals surface area contributed by atoms with E-state index in [0.29, 0.717) is 11.8 Å². The zero-order valence-electron chi connectivity index (χ0n) is 13.2. The number of nitrogens with one attached hydrogen (secondary N) is 1. The third kappa shape index (κ3) is 5.14. The van der Waals surface area contributed by atoms with E-state index in [1.165, 1.54) is 29.5 Å². The number of piperidine rings is 1. The molecule has 1 saturated heterocycles. The topological polar surface area (TPSA) is 58.1 Å². The molecule has 1 fully saturated rings. The lowest BCUT2D eigenvalue weighted by atomic mass is 10.0. The summed E-state index contributed by atoms with van der Waals surface area (Å²) < 4.78 is 0.847. The average Bonchev–Trinajstić information content (AvgIpc) is 2.82. The number of hydrogen-bond acceptors (Lipinski definition) is 6. The van der Waals surface area contributed by atoms with E-state index in [4.69, 9.17) is 0 Å². The van der Waals surface area contributed by atoms with E-state index >= 15 is 0 Å². The van der Waals surface area contributed by atoms with Crippen LogP contribution in [0.3, 0.4) is 0 Å². The minimum absolute atomic E-state index is 0.0273. The van der Waals surface area contributed by atoms with Crippen molar-refractivity contribution in [1.82, 2.24) is 15.1 Å². The molecule has 5 nitrogen and oxygen atoms in total. The summed E-state index contributed by atoms with van der Waals surface area (Å²) in [5.74, 6) is 0.668. The maximum Gasteiger partial charge on any atom is 0.233 e. The Kier molecular flexibility index (Phi) is 5.48. The van der Waals surface area contributed by atoms with Gasteiger partial charge in [0.15, 0.2) is 4.34 Å². The smallest absolute Gasteiger partial charge is 0.233 e. The van der Waals surface area contributed by atoms with E-state index in [1.54, 1.807) is 0 Å². The molecule has 0 saturated carbocycles. The van der Waals surface area contributed by atoms with E-state index in [-0.39, 0.29) is 11.4 Å². The van der Waals surface area contributed by atoms with Gasteiger partial charge < -0.3 is 10.2 Å². The first-order valence-corrected chi connectivity index (χ1v) is 9.19. The third-order valence-electron chi connectivity index (χ3n) is 3.33. The fraction of sp³-hybridized carbons (Fsp3) is 0.786. The molecule has 0 aromatic carbocycles. The molecule has 1 amide bonds. The van der Waals surface area contributed by atoms with Crippen molar-refractivity contribution in [3.05, 3.63) is 0 Å². The molecule has 1 aliphatic rings. The van der Waals surface area contributed by atoms with Gasteiger partial charge in [-0.3, -0.25) is 4.79 Å². The highest BCUT2D eigenvalue weighted by atomic mass is 32.2. The summed E-state index contributed by atoms with van der Waals surface area (Å²) in [7, 11) is 0. The molecule has 1 atom stereocenters. The van der Waals surface area contributed by atoms with Crippen LogP contribution in [0.1, 0.15) is 47.0 Å². The molecule has 21 heavy (non-hydrogen) atoms. The van der Waals surface area contributed by atoms with Crippen molar-refractivity contribution in [3.63, 3.8) is 0 Å². The number of hydrogen-bond donors (Lipinski definition) is 1. The van der Waals surface area contributed by atoms with Crippen LogP contribution in [-0.2, 0) is 4.79 Å². The van der Waals surface area contributed by atoms with Gasteiger partial charge in [-0.05, 0) is 47.0 Å². The average molecular weight is 329 g/mol. The standard InChI is InChI=1S/C14H24N4OS2/c1-10-7-5-6-8-18(10)11(19)9-20-13-17-16-12(21-13)15-14(2,3)4/h10H,5-9H2,1-4H3,(H,15,16). The van der Waals surface area contributed by atoms with Crippen LogP contribution in [-0.4, -0.2) is 44.9 Å². The highest BCUT2D eigenvalue weighted by Gasteiger charge is 2.23. The predicted molar refractivity (Wildman–Crippen MR) is 89.0 cm³/mol. The molecule has 0 radical (unpaired) electrons. The fourth-order valence-corrected chi connectivity index (χ4v) is 4.16. The largest absolute Gasteiger partial charge is 0.355 e. The monoisotopic (exact) mass is 328 g/mol. The lowest BCUT2D eigenvalue weighted by molar-refractivity contribution is -0.131. The maximum absolute atomic E-state index is 12.3. The van der Waals surface area contributed by atoms with E-state index in [0.717, 1.165) is 28.9 Å². The number of anilines is 1. The van der Waals surface area contributed by atoms with Crippen molar-refractivity contribution in [2.45, 2.75) is 62.9 Å². The Hall–Kier alpha value is -0.820. The fourth-order valence-electron chi connectivity index (χ4n) is 2.31. The normalized spacial score (nSPS) is 19.6. The summed E-state index contributed by atoms with van der Waals surface area (Å²) >= 11 is 2.99. The SMILES string of the molecule is CC1CCCCN1C(=O)CSc1nnc(NC(C)(C)C)s1. The van der Waals surface area contributed by atoms with Crippen LogP contribution in [0.4, 0.5) is 5.13 Å². The van der Waals surface area contributed by atoms with E-state index in [2.05, 4.69) is 43.2 Å². The van der Waals surface area contributed by atoms with Gasteiger partial charge in [-0.15, -0.1) is 10.2 Å². The first kappa shape index (κ1) is 16.5. The van der Waals surface area contributed by atoms with Crippen molar-refractivity contribution < 1.29 is 4.79 Å². The molecule has 1 unspecified atom stereocenters. The van der Waals surface area contributed by atoms with Crippen LogP contribution in [0.15, 0.2) is 4.34 Å². The maximum atomic E-state index is 12.3. The van der Waals surface area contributed by atoms with Gasteiger partial charge in [0.1, 0.15) is 0 Å². The summed E-state index contributed by atoms with van der Waals surface area (Å²) in [6, 6.07) is 0.374. The quantitative estimate of drug-likeness (QED) is 0.860. The number of aromatic nitrogens is 2. The molecule has 0 spiro atoms. The van der Waals surface area contributed by atoms with Crippen molar-refractivity contribution in [2.75, 3.05) is 17.6 Å². The number of thioether (sulfide) groups is 1. The molecular formula is C14H24N4OS2. The second-order valence-electron chi connectivity index (χ2n) is 6.47. The van der Waals surface area contributed by atoms with Gasteiger partial charge in [0.2, 0.25) is 11.0 Å². The van der Waals surface area contributed by atoms with Gasteiger partial charge in [0, 0.05) is 18.1 Å². The number of nitrogens with zero attached hydrogens (tertiary/aromatic N) is 3. The zero-order valence-corrected chi connectivity index (χ0v) is 14.8. The summed E-state index contributed by atoms with van der Waals surface area (Å²) in [5.41, 5.74) is -0.0273. The van der Waals surface area contributed by atoms with Crippen molar-refractivity contribution in [3.8, 4) is 0 Å². The van der Waals surface area contributed by atoms with Crippen LogP contribution in [0, 0.1) is 0 Å². The zero-order chi connectivity index (χ0) is 15.5. The minimum atomic E-state index is -0.0273. The number of rotatable bonds is 4. The summed E-state index contributed by atoms with van der Waals surface area (Å²) in [6.45, 7) is 9.29. The lowest BCUT2D eigenvalue weighted by Crippen LogP contribution is -2.42. The van der Waals surface area contributed by atoms with Crippen LogP contribution < -0.4 is 5.32 Å². The number of carbonyl (C=O) groups excluding carboxylic acids is 1. The second-order valence-corrected chi connectivity index (χ2v) is 8.67. The van der Waals surface area contributed by atoms with E-state index in [1.807, 2.05) is 4.90 Å². The van der Waals surface area contributed by atoms with Crippen LogP contribution in [0.5, 0.6) is 0 Å². The number of likely N-dealkylation sites (tertiary alicyclic amines) is 1. The Morgan fingerprint density at radius 1 is 1.43 bits per heavy atom. The van der Waals surface area contributed by atoms with Crippen LogP contribution >= 0.6 is 23.1 Å². The summed E-state index contributed by atoms with van der Waals surface area (Å²) in [6.07, 6.45) is 3.48. The summed E-state index contributed by atoms with van der Waals surface area (Å²) in [5, 5.41) is 12.4. The molecule has 118 valence electrons. The van der Waals surface area contributed by atoms with Gasteiger partial charge in [-0.25, -0.2) is 0 Å². The molecule has 1 N–H and O–H groups in total. The Labute approximate surface area is 134 Å². The molecule has 2 rings (SSSR count). The molecule has 7 heteroatoms. The lowest BCUT2D eigenvalue weighted by Gasteiger charge is -2.33. The first-order valence-electron chi connectivity index (χ1n) is 7.39. The molecule has 0 bridgehead atoms. The molecule has 2 heterocycles. The van der Waals surface area contributed by atoms with Gasteiger partial charge >= 0.3 is 0 Å². The van der Waals surface area contributed by atoms with Gasteiger partial charge in [-0.2, -0.15) is 0 Å². The molecule has 1 aromatic heterocycles. The minimum Gasteiger partial charge on any atom is -0.355 e. The third-order valence-corrected chi connectivity index (χ3v) is 5.29. The Balaban J connectivity index is 1.84. The molecule has 0 aliphatic carbocycles.